The van der Waals surface area contributed by atoms with Crippen molar-refractivity contribution >= 4 is 50.8 Å². The summed E-state index contributed by atoms with van der Waals surface area (Å²) in [4.78, 5) is 14.7. The van der Waals surface area contributed by atoms with E-state index in [1.54, 1.807) is 10.8 Å². The number of aromatic nitrogens is 1. The van der Waals surface area contributed by atoms with Gasteiger partial charge in [-0.25, -0.2) is 0 Å². The molecule has 0 saturated heterocycles. The van der Waals surface area contributed by atoms with Crippen LogP contribution in [0.1, 0.15) is 20.3 Å². The fourth-order valence-electron chi connectivity index (χ4n) is 1.30. The average Bonchev–Trinajstić information content (AvgIpc) is 2.38. The van der Waals surface area contributed by atoms with E-state index >= 15 is 0 Å². The maximum atomic E-state index is 10.4. The van der Waals surface area contributed by atoms with Crippen LogP contribution < -0.4 is 0 Å². The normalized spacial score (nSPS) is 11.3. The Kier molecular flexibility index (Phi) is 9.28. The van der Waals surface area contributed by atoms with Gasteiger partial charge in [-0.15, -0.1) is 0 Å². The van der Waals surface area contributed by atoms with Crippen LogP contribution in [0.4, 0.5) is 0 Å². The van der Waals surface area contributed by atoms with Crippen LogP contribution in [-0.4, -0.2) is 49.9 Å². The molecule has 1 aromatic rings. The molecule has 0 N–H and O–H groups in total. The molecule has 1 aromatic heterocycles. The molecular formula is C13H19InNO2S2. The Morgan fingerprint density at radius 2 is 2.32 bits per heavy atom. The minimum absolute atomic E-state index is 0.291. The molecule has 6 heteroatoms. The third-order valence-corrected chi connectivity index (χ3v) is 11.9. The molecule has 1 heterocycles. The SMILES string of the molecule is CC(C)(CC=O)OC[CH2][In][CH2]SSc1ccccn1. The van der Waals surface area contributed by atoms with Crippen molar-refractivity contribution in [3.63, 3.8) is 0 Å². The van der Waals surface area contributed by atoms with E-state index in [9.17, 15) is 4.79 Å². The van der Waals surface area contributed by atoms with Crippen LogP contribution in [-0.2, 0) is 9.53 Å². The molecule has 19 heavy (non-hydrogen) atoms. The third kappa shape index (κ3) is 9.00. The van der Waals surface area contributed by atoms with Crippen LogP contribution in [0.2, 0.25) is 4.18 Å². The molecule has 103 valence electrons. The van der Waals surface area contributed by atoms with Crippen molar-refractivity contribution in [1.29, 1.82) is 0 Å². The number of pyridine rings is 1. The summed E-state index contributed by atoms with van der Waals surface area (Å²) in [5, 5.41) is 1.08. The molecule has 0 amide bonds. The van der Waals surface area contributed by atoms with Crippen LogP contribution in [0, 0.1) is 0 Å². The van der Waals surface area contributed by atoms with Crippen molar-refractivity contribution in [2.45, 2.75) is 35.1 Å². The Balaban J connectivity index is 1.98. The zero-order chi connectivity index (χ0) is 14.0. The maximum absolute atomic E-state index is 10.4. The van der Waals surface area contributed by atoms with E-state index in [2.05, 4.69) is 4.98 Å². The molecule has 0 aromatic carbocycles. The first-order chi connectivity index (χ1) is 9.14. The van der Waals surface area contributed by atoms with Gasteiger partial charge in [0.2, 0.25) is 0 Å². The second kappa shape index (κ2) is 10.1. The van der Waals surface area contributed by atoms with Crippen molar-refractivity contribution in [3.05, 3.63) is 24.4 Å². The number of hydrogen-bond acceptors (Lipinski definition) is 5. The number of carbonyl (C=O) groups excluding carboxylic acids is 1. The summed E-state index contributed by atoms with van der Waals surface area (Å²) >= 11 is -0.528. The second-order valence-electron chi connectivity index (χ2n) is 4.59. The van der Waals surface area contributed by atoms with Gasteiger partial charge in [-0.1, -0.05) is 0 Å². The predicted octanol–water partition coefficient (Wildman–Crippen LogP) is 3.29. The summed E-state index contributed by atoms with van der Waals surface area (Å²) in [6, 6.07) is 5.99. The molecule has 0 unspecified atom stereocenters. The van der Waals surface area contributed by atoms with Crippen LogP contribution in [0.15, 0.2) is 29.4 Å². The van der Waals surface area contributed by atoms with Gasteiger partial charge >= 0.3 is 135 Å². The Morgan fingerprint density at radius 3 is 3.00 bits per heavy atom. The van der Waals surface area contributed by atoms with E-state index in [0.29, 0.717) is 6.42 Å². The topological polar surface area (TPSA) is 39.2 Å². The average molecular weight is 400 g/mol. The number of rotatable bonds is 10. The molecule has 0 aliphatic rings. The van der Waals surface area contributed by atoms with Crippen molar-refractivity contribution in [1.82, 2.24) is 4.98 Å². The van der Waals surface area contributed by atoms with Crippen molar-refractivity contribution in [2.24, 2.45) is 0 Å². The third-order valence-electron chi connectivity index (χ3n) is 2.36. The van der Waals surface area contributed by atoms with Gasteiger partial charge in [-0.3, -0.25) is 0 Å². The van der Waals surface area contributed by atoms with Crippen molar-refractivity contribution in [3.8, 4) is 0 Å². The van der Waals surface area contributed by atoms with E-state index in [1.807, 2.05) is 49.0 Å². The first-order valence-corrected chi connectivity index (χ1v) is 13.2. The molecular weight excluding hydrogens is 381 g/mol. The summed E-state index contributed by atoms with van der Waals surface area (Å²) < 4.78 is 8.21. The molecule has 0 fully saturated rings. The molecule has 1 rings (SSSR count). The molecule has 0 aliphatic carbocycles. The zero-order valence-corrected chi connectivity index (χ0v) is 16.3. The molecule has 0 aliphatic heterocycles. The quantitative estimate of drug-likeness (QED) is 0.343. The van der Waals surface area contributed by atoms with Crippen LogP contribution in [0.25, 0.3) is 0 Å². The summed E-state index contributed by atoms with van der Waals surface area (Å²) in [5.41, 5.74) is -0.291. The Bertz CT molecular complexity index is 363. The molecule has 0 spiro atoms. The van der Waals surface area contributed by atoms with Gasteiger partial charge in [0.05, 0.1) is 0 Å². The van der Waals surface area contributed by atoms with Gasteiger partial charge < -0.3 is 0 Å². The van der Waals surface area contributed by atoms with Crippen LogP contribution in [0.3, 0.4) is 0 Å². The molecule has 0 saturated carbocycles. The van der Waals surface area contributed by atoms with E-state index in [-0.39, 0.29) is 5.60 Å². The van der Waals surface area contributed by atoms with Crippen LogP contribution in [0.5, 0.6) is 0 Å². The summed E-state index contributed by atoms with van der Waals surface area (Å²) in [6.07, 6.45) is 3.24. The Morgan fingerprint density at radius 1 is 1.47 bits per heavy atom. The number of aldehydes is 1. The van der Waals surface area contributed by atoms with Gasteiger partial charge in [0.1, 0.15) is 0 Å². The molecule has 0 atom stereocenters. The number of hydrogen-bond donors (Lipinski definition) is 0. The fourth-order valence-corrected chi connectivity index (χ4v) is 9.60. The van der Waals surface area contributed by atoms with Gasteiger partial charge in [0.15, 0.2) is 0 Å². The second-order valence-corrected chi connectivity index (χ2v) is 13.1. The summed E-state index contributed by atoms with van der Waals surface area (Å²) in [6.45, 7) is 4.75. The summed E-state index contributed by atoms with van der Waals surface area (Å²) in [7, 11) is 3.66. The van der Waals surface area contributed by atoms with Gasteiger partial charge in [0, 0.05) is 0 Å². The number of ether oxygens (including phenoxy) is 1. The first kappa shape index (κ1) is 17.4. The van der Waals surface area contributed by atoms with Gasteiger partial charge in [-0.05, 0) is 0 Å². The standard InChI is InChI=1S/C7H13O2.C6H6NS2.In/c1-4-9-7(2,3)5-6-8;1-8-9-6-4-2-3-5-7-6;/h6H,1,4-5H2,2-3H3;2-5H,1H2;. The van der Waals surface area contributed by atoms with Gasteiger partial charge in [-0.2, -0.15) is 0 Å². The fraction of sp³-hybridized carbons (Fsp3) is 0.538. The predicted molar refractivity (Wildman–Crippen MR) is 83.8 cm³/mol. The van der Waals surface area contributed by atoms with E-state index in [1.165, 1.54) is 7.69 Å². The number of nitrogens with zero attached hydrogens (tertiary/aromatic N) is 1. The van der Waals surface area contributed by atoms with Gasteiger partial charge in [0.25, 0.3) is 0 Å². The van der Waals surface area contributed by atoms with E-state index in [4.69, 9.17) is 4.74 Å². The molecule has 1 radical (unpaired) electrons. The first-order valence-electron chi connectivity index (χ1n) is 6.24. The van der Waals surface area contributed by atoms with E-state index in [0.717, 1.165) is 17.9 Å². The minimum atomic E-state index is -0.528. The molecule has 0 bridgehead atoms. The van der Waals surface area contributed by atoms with E-state index < -0.39 is 22.9 Å². The van der Waals surface area contributed by atoms with Crippen molar-refractivity contribution in [2.75, 3.05) is 10.1 Å². The van der Waals surface area contributed by atoms with Crippen molar-refractivity contribution < 1.29 is 9.53 Å². The molecule has 3 nitrogen and oxygen atoms in total. The van der Waals surface area contributed by atoms with Crippen LogP contribution >= 0.6 is 21.6 Å². The number of carbonyl (C=O) groups is 1. The Labute approximate surface area is 134 Å². The monoisotopic (exact) mass is 400 g/mol. The zero-order valence-electron chi connectivity index (χ0n) is 11.4. The summed E-state index contributed by atoms with van der Waals surface area (Å²) in [5.74, 6) is 0. The Hall–Kier alpha value is 0.350.